The first-order chi connectivity index (χ1) is 14.7. The molecule has 11 nitrogen and oxygen atoms in total. The van der Waals surface area contributed by atoms with Crippen molar-refractivity contribution in [2.24, 2.45) is 0 Å². The fourth-order valence-corrected chi connectivity index (χ4v) is 2.67. The van der Waals surface area contributed by atoms with Crippen LogP contribution < -0.4 is 21.5 Å². The smallest absolute Gasteiger partial charge is 0.270 e. The summed E-state index contributed by atoms with van der Waals surface area (Å²) in [6.45, 7) is -0.920. The minimum absolute atomic E-state index is 0.0397. The number of nitrogens with zero attached hydrogens (tertiary/aromatic N) is 1. The van der Waals surface area contributed by atoms with E-state index in [1.807, 2.05) is 5.43 Å². The first-order valence-electron chi connectivity index (χ1n) is 8.51. The molecule has 0 heterocycles. The minimum Gasteiger partial charge on any atom is -0.345 e. The molecule has 2 rings (SSSR count). The van der Waals surface area contributed by atoms with Gasteiger partial charge in [-0.2, -0.15) is 0 Å². The van der Waals surface area contributed by atoms with Gasteiger partial charge in [0.05, 0.1) is 28.6 Å². The van der Waals surface area contributed by atoms with Crippen LogP contribution in [-0.4, -0.2) is 41.6 Å². The fraction of sp³-hybridized carbons (Fsp3) is 0.111. The molecular weight excluding hydrogens is 453 g/mol. The predicted molar refractivity (Wildman–Crippen MR) is 111 cm³/mol. The number of carbonyl (C=O) groups excluding carboxylic acids is 4. The molecule has 0 saturated carbocycles. The van der Waals surface area contributed by atoms with Gasteiger partial charge in [-0.05, 0) is 24.3 Å². The highest BCUT2D eigenvalue weighted by molar-refractivity contribution is 6.36. The van der Waals surface area contributed by atoms with Crippen molar-refractivity contribution in [3.05, 3.63) is 73.8 Å². The molecule has 13 heteroatoms. The molecule has 0 radical (unpaired) electrons. The van der Waals surface area contributed by atoms with E-state index in [0.717, 1.165) is 6.07 Å². The summed E-state index contributed by atoms with van der Waals surface area (Å²) in [4.78, 5) is 57.5. The summed E-state index contributed by atoms with van der Waals surface area (Å²) in [5, 5.41) is 15.8. The van der Waals surface area contributed by atoms with Crippen LogP contribution >= 0.6 is 23.2 Å². The lowest BCUT2D eigenvalue weighted by molar-refractivity contribution is -0.384. The standard InChI is InChI=1S/C18H15Cl2N5O6/c19-11-4-5-13(14(20)7-11)18(29)22-8-15(26)21-9-16(27)23-24-17(28)10-2-1-3-12(6-10)25(30)31/h1-7H,8-9H2,(H,21,26)(H,22,29)(H,23,27)(H,24,28). The lowest BCUT2D eigenvalue weighted by Gasteiger charge is -2.09. The van der Waals surface area contributed by atoms with Crippen LogP contribution in [0, 0.1) is 10.1 Å². The molecule has 162 valence electrons. The molecule has 2 aromatic carbocycles. The third kappa shape index (κ3) is 7.24. The van der Waals surface area contributed by atoms with E-state index in [0.29, 0.717) is 5.02 Å². The van der Waals surface area contributed by atoms with Crippen molar-refractivity contribution in [1.29, 1.82) is 0 Å². The lowest BCUT2D eigenvalue weighted by Crippen LogP contribution is -2.47. The first-order valence-corrected chi connectivity index (χ1v) is 9.26. The number of non-ortho nitro benzene ring substituents is 1. The van der Waals surface area contributed by atoms with Gasteiger partial charge in [-0.25, -0.2) is 0 Å². The van der Waals surface area contributed by atoms with Crippen molar-refractivity contribution in [3.63, 3.8) is 0 Å². The molecule has 31 heavy (non-hydrogen) atoms. The molecule has 0 fully saturated rings. The Labute approximate surface area is 185 Å². The summed E-state index contributed by atoms with van der Waals surface area (Å²) in [6.07, 6.45) is 0. The van der Waals surface area contributed by atoms with E-state index in [-0.39, 0.29) is 21.8 Å². The average molecular weight is 468 g/mol. The zero-order valence-electron chi connectivity index (χ0n) is 15.6. The summed E-state index contributed by atoms with van der Waals surface area (Å²) in [6, 6.07) is 9.14. The van der Waals surface area contributed by atoms with Gasteiger partial charge in [-0.3, -0.25) is 40.1 Å². The van der Waals surface area contributed by atoms with Crippen molar-refractivity contribution >= 4 is 52.5 Å². The highest BCUT2D eigenvalue weighted by Gasteiger charge is 2.14. The Morgan fingerprint density at radius 1 is 0.871 bits per heavy atom. The average Bonchev–Trinajstić information content (AvgIpc) is 2.74. The summed E-state index contributed by atoms with van der Waals surface area (Å²) in [5.41, 5.74) is 3.91. The van der Waals surface area contributed by atoms with Crippen molar-refractivity contribution in [1.82, 2.24) is 21.5 Å². The zero-order chi connectivity index (χ0) is 23.0. The molecule has 0 spiro atoms. The number of nitrogens with one attached hydrogen (secondary N) is 4. The maximum atomic E-state index is 12.0. The molecule has 0 atom stereocenters. The highest BCUT2D eigenvalue weighted by Crippen LogP contribution is 2.20. The van der Waals surface area contributed by atoms with Crippen LogP contribution in [0.3, 0.4) is 0 Å². The Kier molecular flexibility index (Phi) is 8.29. The van der Waals surface area contributed by atoms with Gasteiger partial charge < -0.3 is 10.6 Å². The number of halogens is 2. The Morgan fingerprint density at radius 2 is 1.58 bits per heavy atom. The Bertz CT molecular complexity index is 1050. The van der Waals surface area contributed by atoms with Crippen LogP contribution in [0.4, 0.5) is 5.69 Å². The van der Waals surface area contributed by atoms with Gasteiger partial charge in [0.1, 0.15) is 0 Å². The van der Waals surface area contributed by atoms with Crippen LogP contribution in [0.15, 0.2) is 42.5 Å². The SMILES string of the molecule is O=C(CNC(=O)c1ccc(Cl)cc1Cl)NCC(=O)NNC(=O)c1cccc([N+](=O)[O-])c1. The number of benzene rings is 2. The molecule has 2 aromatic rings. The maximum Gasteiger partial charge on any atom is 0.270 e. The second-order valence-corrected chi connectivity index (χ2v) is 6.74. The number of nitro groups is 1. The van der Waals surface area contributed by atoms with E-state index >= 15 is 0 Å². The number of nitro benzene ring substituents is 1. The molecule has 0 aliphatic heterocycles. The molecule has 0 aliphatic rings. The van der Waals surface area contributed by atoms with Gasteiger partial charge >= 0.3 is 0 Å². The van der Waals surface area contributed by atoms with Gasteiger partial charge in [0.15, 0.2) is 0 Å². The van der Waals surface area contributed by atoms with Gasteiger partial charge in [-0.15, -0.1) is 0 Å². The summed E-state index contributed by atoms with van der Waals surface area (Å²) >= 11 is 11.7. The molecule has 0 unspecified atom stereocenters. The van der Waals surface area contributed by atoms with Crippen LogP contribution in [0.25, 0.3) is 0 Å². The second kappa shape index (κ2) is 10.9. The third-order valence-corrected chi connectivity index (χ3v) is 4.21. The number of carbonyl (C=O) groups is 4. The summed E-state index contributed by atoms with van der Waals surface area (Å²) in [5.74, 6) is -2.82. The normalized spacial score (nSPS) is 10.0. The van der Waals surface area contributed by atoms with Crippen LogP contribution in [0.5, 0.6) is 0 Å². The maximum absolute atomic E-state index is 12.0. The molecule has 0 saturated heterocycles. The number of hydrogen-bond donors (Lipinski definition) is 4. The van der Waals surface area contributed by atoms with Gasteiger partial charge in [-0.1, -0.05) is 29.3 Å². The van der Waals surface area contributed by atoms with Gasteiger partial charge in [0.25, 0.3) is 23.4 Å². The zero-order valence-corrected chi connectivity index (χ0v) is 17.1. The third-order valence-electron chi connectivity index (χ3n) is 3.67. The number of hydrogen-bond acceptors (Lipinski definition) is 6. The molecule has 4 N–H and O–H groups in total. The Morgan fingerprint density at radius 3 is 2.26 bits per heavy atom. The van der Waals surface area contributed by atoms with Crippen LogP contribution in [0.2, 0.25) is 10.0 Å². The van der Waals surface area contributed by atoms with E-state index < -0.39 is 41.6 Å². The molecule has 0 bridgehead atoms. The Hall–Kier alpha value is -3.70. The second-order valence-electron chi connectivity index (χ2n) is 5.89. The molecule has 0 aliphatic carbocycles. The highest BCUT2D eigenvalue weighted by atomic mass is 35.5. The van der Waals surface area contributed by atoms with E-state index in [1.54, 1.807) is 0 Å². The van der Waals surface area contributed by atoms with Crippen molar-refractivity contribution < 1.29 is 24.1 Å². The number of rotatable bonds is 7. The lowest BCUT2D eigenvalue weighted by atomic mass is 10.2. The van der Waals surface area contributed by atoms with Crippen LogP contribution in [0.1, 0.15) is 20.7 Å². The number of amides is 4. The van der Waals surface area contributed by atoms with Crippen molar-refractivity contribution in [3.8, 4) is 0 Å². The monoisotopic (exact) mass is 467 g/mol. The minimum atomic E-state index is -0.782. The Balaban J connectivity index is 1.73. The summed E-state index contributed by atoms with van der Waals surface area (Å²) < 4.78 is 0. The molecule has 4 amide bonds. The van der Waals surface area contributed by atoms with Gasteiger partial charge in [0, 0.05) is 22.7 Å². The summed E-state index contributed by atoms with van der Waals surface area (Å²) in [7, 11) is 0. The molecular formula is C18H15Cl2N5O6. The first kappa shape index (κ1) is 23.6. The fourth-order valence-electron chi connectivity index (χ4n) is 2.17. The largest absolute Gasteiger partial charge is 0.345 e. The predicted octanol–water partition coefficient (Wildman–Crippen LogP) is 1.21. The topological polar surface area (TPSA) is 160 Å². The molecule has 0 aromatic heterocycles. The number of hydrazine groups is 1. The van der Waals surface area contributed by atoms with E-state index in [1.165, 1.54) is 36.4 Å². The van der Waals surface area contributed by atoms with E-state index in [9.17, 15) is 29.3 Å². The van der Waals surface area contributed by atoms with Crippen molar-refractivity contribution in [2.75, 3.05) is 13.1 Å². The van der Waals surface area contributed by atoms with Crippen LogP contribution in [-0.2, 0) is 9.59 Å². The quantitative estimate of drug-likeness (QED) is 0.353. The van der Waals surface area contributed by atoms with Gasteiger partial charge in [0.2, 0.25) is 5.91 Å². The van der Waals surface area contributed by atoms with E-state index in [2.05, 4.69) is 16.1 Å². The van der Waals surface area contributed by atoms with E-state index in [4.69, 9.17) is 23.2 Å². The van der Waals surface area contributed by atoms with Crippen molar-refractivity contribution in [2.45, 2.75) is 0 Å².